The number of carbonyl (C=O) groups excluding carboxylic acids is 2. The van der Waals surface area contributed by atoms with Gasteiger partial charge in [0.2, 0.25) is 5.91 Å². The molecule has 2 aromatic rings. The summed E-state index contributed by atoms with van der Waals surface area (Å²) < 4.78 is 6.59. The second-order valence-corrected chi connectivity index (χ2v) is 9.08. The zero-order valence-electron chi connectivity index (χ0n) is 17.7. The Balaban J connectivity index is 2.16. The summed E-state index contributed by atoms with van der Waals surface area (Å²) in [6.07, 6.45) is 0. The van der Waals surface area contributed by atoms with Crippen LogP contribution in [0.25, 0.3) is 0 Å². The third-order valence-electron chi connectivity index (χ3n) is 4.29. The van der Waals surface area contributed by atoms with Gasteiger partial charge in [-0.15, -0.1) is 0 Å². The molecule has 0 aliphatic rings. The van der Waals surface area contributed by atoms with Crippen molar-refractivity contribution < 1.29 is 14.3 Å². The summed E-state index contributed by atoms with van der Waals surface area (Å²) in [6, 6.07) is 14.6. The summed E-state index contributed by atoms with van der Waals surface area (Å²) >= 11 is 3.45. The Morgan fingerprint density at radius 1 is 1.14 bits per heavy atom. The molecule has 0 saturated carbocycles. The molecule has 1 N–H and O–H groups in total. The molecule has 0 bridgehead atoms. The van der Waals surface area contributed by atoms with Crippen molar-refractivity contribution in [3.8, 4) is 5.75 Å². The molecule has 2 amide bonds. The summed E-state index contributed by atoms with van der Waals surface area (Å²) in [5.74, 6) is 0.177. The minimum atomic E-state index is -0.637. The SMILES string of the molecule is Cc1ccc(OCC(=O)N(Cc2cccc(Br)c2)[C@@H](C)C(=O)NC(C)(C)C)cc1. The minimum absolute atomic E-state index is 0.135. The van der Waals surface area contributed by atoms with E-state index in [1.807, 2.05) is 76.2 Å². The van der Waals surface area contributed by atoms with Crippen LogP contribution in [0.1, 0.15) is 38.8 Å². The highest BCUT2D eigenvalue weighted by Gasteiger charge is 2.28. The Labute approximate surface area is 181 Å². The summed E-state index contributed by atoms with van der Waals surface area (Å²) in [5, 5.41) is 2.95. The van der Waals surface area contributed by atoms with Crippen molar-refractivity contribution in [2.75, 3.05) is 6.61 Å². The van der Waals surface area contributed by atoms with E-state index < -0.39 is 6.04 Å². The molecule has 29 heavy (non-hydrogen) atoms. The molecule has 2 aromatic carbocycles. The highest BCUT2D eigenvalue weighted by Crippen LogP contribution is 2.17. The molecule has 0 radical (unpaired) electrons. The van der Waals surface area contributed by atoms with Gasteiger partial charge in [-0.1, -0.05) is 45.8 Å². The predicted octanol–water partition coefficient (Wildman–Crippen LogP) is 4.47. The molecular weight excluding hydrogens is 432 g/mol. The lowest BCUT2D eigenvalue weighted by atomic mass is 10.1. The van der Waals surface area contributed by atoms with Crippen LogP contribution in [0, 0.1) is 6.92 Å². The van der Waals surface area contributed by atoms with Gasteiger partial charge in [0.15, 0.2) is 6.61 Å². The highest BCUT2D eigenvalue weighted by atomic mass is 79.9. The first-order chi connectivity index (χ1) is 13.5. The molecule has 1 atom stereocenters. The Hall–Kier alpha value is -2.34. The number of hydrogen-bond acceptors (Lipinski definition) is 3. The van der Waals surface area contributed by atoms with Gasteiger partial charge in [0, 0.05) is 16.6 Å². The van der Waals surface area contributed by atoms with E-state index in [0.717, 1.165) is 15.6 Å². The largest absolute Gasteiger partial charge is 0.484 e. The first kappa shape index (κ1) is 22.9. The number of nitrogens with zero attached hydrogens (tertiary/aromatic N) is 1. The third-order valence-corrected chi connectivity index (χ3v) is 4.78. The molecule has 0 saturated heterocycles. The molecule has 0 unspecified atom stereocenters. The standard InChI is InChI=1S/C23H29BrN2O3/c1-16-9-11-20(12-10-16)29-15-21(27)26(14-18-7-6-8-19(24)13-18)17(2)22(28)25-23(3,4)5/h6-13,17H,14-15H2,1-5H3,(H,25,28)/t17-/m0/s1. The van der Waals surface area contributed by atoms with Crippen molar-refractivity contribution in [3.05, 3.63) is 64.1 Å². The van der Waals surface area contributed by atoms with Gasteiger partial charge in [-0.2, -0.15) is 0 Å². The van der Waals surface area contributed by atoms with Crippen molar-refractivity contribution in [1.29, 1.82) is 0 Å². The fraction of sp³-hybridized carbons (Fsp3) is 0.391. The number of rotatable bonds is 7. The van der Waals surface area contributed by atoms with Gasteiger partial charge < -0.3 is 15.0 Å². The Morgan fingerprint density at radius 3 is 2.38 bits per heavy atom. The van der Waals surface area contributed by atoms with Crippen molar-refractivity contribution in [2.24, 2.45) is 0 Å². The van der Waals surface area contributed by atoms with Crippen LogP contribution in [-0.4, -0.2) is 34.9 Å². The van der Waals surface area contributed by atoms with Crippen LogP contribution in [-0.2, 0) is 16.1 Å². The number of nitrogens with one attached hydrogen (secondary N) is 1. The second kappa shape index (κ2) is 9.92. The number of aryl methyl sites for hydroxylation is 1. The van der Waals surface area contributed by atoms with Gasteiger partial charge >= 0.3 is 0 Å². The molecule has 0 aromatic heterocycles. The van der Waals surface area contributed by atoms with E-state index in [0.29, 0.717) is 12.3 Å². The number of ether oxygens (including phenoxy) is 1. The van der Waals surface area contributed by atoms with Gasteiger partial charge in [-0.05, 0) is 64.4 Å². The van der Waals surface area contributed by atoms with E-state index in [-0.39, 0.29) is 24.0 Å². The maximum atomic E-state index is 13.0. The number of halogens is 1. The molecule has 6 heteroatoms. The van der Waals surface area contributed by atoms with Crippen LogP contribution in [0.2, 0.25) is 0 Å². The van der Waals surface area contributed by atoms with Crippen molar-refractivity contribution in [1.82, 2.24) is 10.2 Å². The monoisotopic (exact) mass is 460 g/mol. The fourth-order valence-electron chi connectivity index (χ4n) is 2.75. The van der Waals surface area contributed by atoms with Crippen LogP contribution < -0.4 is 10.1 Å². The predicted molar refractivity (Wildman–Crippen MR) is 119 cm³/mol. The quantitative estimate of drug-likeness (QED) is 0.662. The molecule has 5 nitrogen and oxygen atoms in total. The van der Waals surface area contributed by atoms with E-state index >= 15 is 0 Å². The molecule has 156 valence electrons. The molecule has 0 heterocycles. The third kappa shape index (κ3) is 7.54. The smallest absolute Gasteiger partial charge is 0.261 e. The molecule has 0 aliphatic heterocycles. The molecule has 0 fully saturated rings. The van der Waals surface area contributed by atoms with Gasteiger partial charge in [0.25, 0.3) is 5.91 Å². The number of hydrogen-bond donors (Lipinski definition) is 1. The zero-order chi connectivity index (χ0) is 21.6. The topological polar surface area (TPSA) is 58.6 Å². The Morgan fingerprint density at radius 2 is 1.79 bits per heavy atom. The number of amides is 2. The van der Waals surface area contributed by atoms with Crippen LogP contribution in [0.5, 0.6) is 5.75 Å². The second-order valence-electron chi connectivity index (χ2n) is 8.17. The van der Waals surface area contributed by atoms with Crippen molar-refractivity contribution in [2.45, 2.75) is 52.7 Å². The molecule has 0 spiro atoms. The summed E-state index contributed by atoms with van der Waals surface area (Å²) in [6.45, 7) is 9.65. The Bertz CT molecular complexity index is 844. The lowest BCUT2D eigenvalue weighted by Crippen LogP contribution is -2.53. The first-order valence-electron chi connectivity index (χ1n) is 9.60. The maximum Gasteiger partial charge on any atom is 0.261 e. The maximum absolute atomic E-state index is 13.0. The van der Waals surface area contributed by atoms with E-state index in [2.05, 4.69) is 21.2 Å². The normalized spacial score (nSPS) is 12.2. The molecule has 2 rings (SSSR count). The lowest BCUT2D eigenvalue weighted by molar-refractivity contribution is -0.142. The number of benzene rings is 2. The van der Waals surface area contributed by atoms with Crippen LogP contribution in [0.15, 0.2) is 53.0 Å². The zero-order valence-corrected chi connectivity index (χ0v) is 19.2. The lowest BCUT2D eigenvalue weighted by Gasteiger charge is -2.31. The van der Waals surface area contributed by atoms with Crippen LogP contribution >= 0.6 is 15.9 Å². The van der Waals surface area contributed by atoms with E-state index in [1.165, 1.54) is 0 Å². The number of carbonyl (C=O) groups is 2. The summed E-state index contributed by atoms with van der Waals surface area (Å²) in [7, 11) is 0. The van der Waals surface area contributed by atoms with Crippen molar-refractivity contribution in [3.63, 3.8) is 0 Å². The summed E-state index contributed by atoms with van der Waals surface area (Å²) in [5.41, 5.74) is 1.67. The first-order valence-corrected chi connectivity index (χ1v) is 10.4. The minimum Gasteiger partial charge on any atom is -0.484 e. The van der Waals surface area contributed by atoms with E-state index in [9.17, 15) is 9.59 Å². The average Bonchev–Trinajstić information content (AvgIpc) is 2.63. The van der Waals surface area contributed by atoms with Gasteiger partial charge in [-0.25, -0.2) is 0 Å². The molecular formula is C23H29BrN2O3. The van der Waals surface area contributed by atoms with Gasteiger partial charge in [0.05, 0.1) is 0 Å². The highest BCUT2D eigenvalue weighted by molar-refractivity contribution is 9.10. The van der Waals surface area contributed by atoms with Crippen molar-refractivity contribution >= 4 is 27.7 Å². The van der Waals surface area contributed by atoms with Crippen LogP contribution in [0.3, 0.4) is 0 Å². The molecule has 0 aliphatic carbocycles. The van der Waals surface area contributed by atoms with E-state index in [4.69, 9.17) is 4.74 Å². The Kier molecular flexibility index (Phi) is 7.85. The van der Waals surface area contributed by atoms with Gasteiger partial charge in [0.1, 0.15) is 11.8 Å². The average molecular weight is 461 g/mol. The fourth-order valence-corrected chi connectivity index (χ4v) is 3.20. The summed E-state index contributed by atoms with van der Waals surface area (Å²) in [4.78, 5) is 27.3. The van der Waals surface area contributed by atoms with Crippen LogP contribution in [0.4, 0.5) is 0 Å². The van der Waals surface area contributed by atoms with E-state index in [1.54, 1.807) is 11.8 Å². The van der Waals surface area contributed by atoms with Gasteiger partial charge in [-0.3, -0.25) is 9.59 Å².